The van der Waals surface area contributed by atoms with Gasteiger partial charge >= 0.3 is 5.97 Å². The van der Waals surface area contributed by atoms with Crippen LogP contribution in [-0.4, -0.2) is 41.1 Å². The van der Waals surface area contributed by atoms with Gasteiger partial charge in [0.1, 0.15) is 11.9 Å². The van der Waals surface area contributed by atoms with Crippen LogP contribution in [0.25, 0.3) is 0 Å². The number of hydrogen-bond acceptors (Lipinski definition) is 5. The molecule has 5 atom stereocenters. The van der Waals surface area contributed by atoms with Crippen LogP contribution in [-0.2, 0) is 19.1 Å². The fourth-order valence-electron chi connectivity index (χ4n) is 4.39. The first kappa shape index (κ1) is 17.6. The van der Waals surface area contributed by atoms with E-state index in [0.717, 1.165) is 23.5 Å². The number of benzene rings is 1. The van der Waals surface area contributed by atoms with E-state index in [1.165, 1.54) is 19.1 Å². The fraction of sp³-hybridized carbons (Fsp3) is 0.400. The number of rotatable bonds is 5. The predicted molar refractivity (Wildman–Crippen MR) is 90.7 cm³/mol. The zero-order valence-corrected chi connectivity index (χ0v) is 14.6. The van der Waals surface area contributed by atoms with E-state index in [2.05, 4.69) is 0 Å². The third-order valence-electron chi connectivity index (χ3n) is 5.74. The molecule has 140 valence electrons. The maximum Gasteiger partial charge on any atom is 0.329 e. The summed E-state index contributed by atoms with van der Waals surface area (Å²) in [5, 5.41) is 0. The highest BCUT2D eigenvalue weighted by Gasteiger charge is 2.60. The van der Waals surface area contributed by atoms with E-state index in [1.807, 2.05) is 12.2 Å². The zero-order chi connectivity index (χ0) is 19.3. The number of ketones is 1. The number of fused-ring (bicyclic) bond motifs is 5. The van der Waals surface area contributed by atoms with Crippen molar-refractivity contribution in [2.24, 2.45) is 23.7 Å². The van der Waals surface area contributed by atoms with E-state index in [0.29, 0.717) is 0 Å². The van der Waals surface area contributed by atoms with Crippen molar-refractivity contribution < 1.29 is 28.3 Å². The van der Waals surface area contributed by atoms with Gasteiger partial charge in [0.05, 0.1) is 11.8 Å². The number of ether oxygens (including phenoxy) is 1. The Morgan fingerprint density at radius 1 is 1.11 bits per heavy atom. The van der Waals surface area contributed by atoms with Gasteiger partial charge in [0.2, 0.25) is 11.8 Å². The van der Waals surface area contributed by atoms with Crippen LogP contribution in [0.3, 0.4) is 0 Å². The number of allylic oxidation sites excluding steroid dienone is 2. The molecule has 2 fully saturated rings. The van der Waals surface area contributed by atoms with Crippen LogP contribution in [0.2, 0.25) is 0 Å². The fourth-order valence-corrected chi connectivity index (χ4v) is 4.39. The summed E-state index contributed by atoms with van der Waals surface area (Å²) < 4.78 is 17.9. The molecule has 2 bridgehead atoms. The van der Waals surface area contributed by atoms with Crippen LogP contribution < -0.4 is 0 Å². The molecule has 2 aliphatic carbocycles. The smallest absolute Gasteiger partial charge is 0.329 e. The number of carbonyl (C=O) groups is 4. The number of amides is 2. The highest BCUT2D eigenvalue weighted by atomic mass is 19.1. The van der Waals surface area contributed by atoms with E-state index < -0.39 is 30.2 Å². The van der Waals surface area contributed by atoms with Crippen molar-refractivity contribution in [2.45, 2.75) is 19.4 Å². The van der Waals surface area contributed by atoms with Crippen LogP contribution in [0.5, 0.6) is 0 Å². The maximum atomic E-state index is 12.9. The molecule has 4 rings (SSSR count). The predicted octanol–water partition coefficient (Wildman–Crippen LogP) is 1.75. The summed E-state index contributed by atoms with van der Waals surface area (Å²) in [7, 11) is 0. The van der Waals surface area contributed by atoms with Gasteiger partial charge in [0, 0.05) is 5.56 Å². The van der Waals surface area contributed by atoms with Gasteiger partial charge in [-0.2, -0.15) is 0 Å². The number of nitrogens with zero attached hydrogens (tertiary/aromatic N) is 1. The molecule has 0 radical (unpaired) electrons. The van der Waals surface area contributed by atoms with Gasteiger partial charge in [-0.05, 0) is 49.4 Å². The Morgan fingerprint density at radius 3 is 2.22 bits per heavy atom. The zero-order valence-electron chi connectivity index (χ0n) is 14.6. The Morgan fingerprint density at radius 2 is 1.67 bits per heavy atom. The van der Waals surface area contributed by atoms with Gasteiger partial charge in [-0.1, -0.05) is 12.2 Å². The van der Waals surface area contributed by atoms with E-state index in [4.69, 9.17) is 4.74 Å². The number of hydrogen-bond donors (Lipinski definition) is 0. The Balaban J connectivity index is 1.39. The minimum atomic E-state index is -1.09. The van der Waals surface area contributed by atoms with E-state index in [9.17, 15) is 23.6 Å². The van der Waals surface area contributed by atoms with Crippen molar-refractivity contribution in [3.8, 4) is 0 Å². The molecule has 0 N–H and O–H groups in total. The summed E-state index contributed by atoms with van der Waals surface area (Å²) in [6.07, 6.45) is 4.77. The van der Waals surface area contributed by atoms with Crippen molar-refractivity contribution in [1.29, 1.82) is 0 Å². The Bertz CT molecular complexity index is 832. The summed E-state index contributed by atoms with van der Waals surface area (Å²) in [4.78, 5) is 50.7. The highest BCUT2D eigenvalue weighted by molar-refractivity contribution is 6.09. The molecule has 0 spiro atoms. The number of likely N-dealkylation sites (tertiary alicyclic amines) is 1. The van der Waals surface area contributed by atoms with E-state index in [1.54, 1.807) is 0 Å². The second-order valence-electron chi connectivity index (χ2n) is 7.26. The summed E-state index contributed by atoms with van der Waals surface area (Å²) in [5.41, 5.74) is 0.211. The average molecular weight is 371 g/mol. The molecule has 1 aliphatic heterocycles. The molecule has 2 amide bonds. The SMILES string of the molecule is C[C@H](C(=O)OCC(=O)c1ccc(F)cc1)N1C(=O)[C@@H]2[C@H](C1=O)[C@H]1C=C[C@@H]2C1. The molecule has 27 heavy (non-hydrogen) atoms. The Labute approximate surface area is 155 Å². The summed E-state index contributed by atoms with van der Waals surface area (Å²) in [6.45, 7) is 0.890. The molecule has 6 nitrogen and oxygen atoms in total. The quantitative estimate of drug-likeness (QED) is 0.341. The van der Waals surface area contributed by atoms with Crippen LogP contribution in [0.15, 0.2) is 36.4 Å². The van der Waals surface area contributed by atoms with Crippen LogP contribution in [0, 0.1) is 29.5 Å². The largest absolute Gasteiger partial charge is 0.456 e. The average Bonchev–Trinajstić information content (AvgIpc) is 3.33. The normalized spacial score (nSPS) is 29.2. The first-order valence-corrected chi connectivity index (χ1v) is 8.89. The Hall–Kier alpha value is -2.83. The first-order valence-electron chi connectivity index (χ1n) is 8.89. The molecule has 0 aromatic heterocycles. The molecule has 0 unspecified atom stereocenters. The third-order valence-corrected chi connectivity index (χ3v) is 5.74. The number of Topliss-reactive ketones (excluding diaryl/α,β-unsaturated/α-hetero) is 1. The molecule has 1 aromatic carbocycles. The molecular formula is C20H18FNO5. The summed E-state index contributed by atoms with van der Waals surface area (Å²) in [5.74, 6) is -3.10. The molecule has 1 aromatic rings. The van der Waals surface area contributed by atoms with Gasteiger partial charge in [-0.15, -0.1) is 0 Å². The lowest BCUT2D eigenvalue weighted by Gasteiger charge is -2.23. The standard InChI is InChI=1S/C20H18FNO5/c1-10(20(26)27-9-15(23)11-4-6-14(21)7-5-11)22-18(24)16-12-2-3-13(8-12)17(16)19(22)25/h2-7,10,12-13,16-17H,8-9H2,1H3/t10-,12-,13+,16+,17-/m1/s1. The molecule has 1 saturated carbocycles. The third kappa shape index (κ3) is 2.78. The van der Waals surface area contributed by atoms with Crippen LogP contribution in [0.1, 0.15) is 23.7 Å². The van der Waals surface area contributed by atoms with Gasteiger partial charge in [-0.25, -0.2) is 9.18 Å². The minimum Gasteiger partial charge on any atom is -0.456 e. The topological polar surface area (TPSA) is 80.8 Å². The van der Waals surface area contributed by atoms with Crippen molar-refractivity contribution in [3.05, 3.63) is 47.8 Å². The molecule has 7 heteroatoms. The summed E-state index contributed by atoms with van der Waals surface area (Å²) >= 11 is 0. The van der Waals surface area contributed by atoms with Crippen molar-refractivity contribution in [2.75, 3.05) is 6.61 Å². The molecule has 3 aliphatic rings. The Kier molecular flexibility index (Phi) is 4.17. The van der Waals surface area contributed by atoms with Gasteiger partial charge in [0.25, 0.3) is 0 Å². The monoisotopic (exact) mass is 371 g/mol. The lowest BCUT2D eigenvalue weighted by molar-refractivity contribution is -0.157. The minimum absolute atomic E-state index is 0.0599. The van der Waals surface area contributed by atoms with Gasteiger partial charge in [-0.3, -0.25) is 19.3 Å². The second-order valence-corrected chi connectivity index (χ2v) is 7.26. The van der Waals surface area contributed by atoms with Crippen molar-refractivity contribution in [3.63, 3.8) is 0 Å². The lowest BCUT2D eigenvalue weighted by Crippen LogP contribution is -2.45. The van der Waals surface area contributed by atoms with Crippen molar-refractivity contribution >= 4 is 23.6 Å². The highest BCUT2D eigenvalue weighted by Crippen LogP contribution is 2.52. The van der Waals surface area contributed by atoms with Gasteiger partial charge < -0.3 is 4.74 Å². The second kappa shape index (κ2) is 6.40. The van der Waals surface area contributed by atoms with Crippen LogP contribution >= 0.6 is 0 Å². The van der Waals surface area contributed by atoms with E-state index in [-0.39, 0.29) is 41.0 Å². The molecule has 1 heterocycles. The number of esters is 1. The van der Waals surface area contributed by atoms with E-state index >= 15 is 0 Å². The first-order chi connectivity index (χ1) is 12.9. The summed E-state index contributed by atoms with van der Waals surface area (Å²) in [6, 6.07) is 3.79. The number of imide groups is 1. The van der Waals surface area contributed by atoms with Crippen LogP contribution in [0.4, 0.5) is 4.39 Å². The number of halogens is 1. The van der Waals surface area contributed by atoms with Crippen molar-refractivity contribution in [1.82, 2.24) is 4.90 Å². The lowest BCUT2D eigenvalue weighted by atomic mass is 9.85. The molecule has 1 saturated heterocycles. The van der Waals surface area contributed by atoms with Gasteiger partial charge in [0.15, 0.2) is 12.4 Å². The molecular weight excluding hydrogens is 353 g/mol. The number of carbonyl (C=O) groups excluding carboxylic acids is 4. The maximum absolute atomic E-state index is 12.9.